The Labute approximate surface area is 197 Å². The first-order valence-corrected chi connectivity index (χ1v) is 11.3. The van der Waals surface area contributed by atoms with Gasteiger partial charge in [0.05, 0.1) is 17.4 Å². The van der Waals surface area contributed by atoms with E-state index in [2.05, 4.69) is 15.2 Å². The minimum Gasteiger partial charge on any atom is -0.370 e. The van der Waals surface area contributed by atoms with Crippen molar-refractivity contribution >= 4 is 17.7 Å². The second kappa shape index (κ2) is 10.5. The molecule has 1 aliphatic heterocycles. The maximum absolute atomic E-state index is 13.2. The van der Waals surface area contributed by atoms with Crippen LogP contribution in [0.5, 0.6) is 0 Å². The molecule has 34 heavy (non-hydrogen) atoms. The van der Waals surface area contributed by atoms with Crippen molar-refractivity contribution < 1.29 is 18.0 Å². The van der Waals surface area contributed by atoms with Crippen LogP contribution < -0.4 is 10.2 Å². The molecule has 0 spiro atoms. The van der Waals surface area contributed by atoms with Crippen molar-refractivity contribution in [3.63, 3.8) is 0 Å². The lowest BCUT2D eigenvalue weighted by Gasteiger charge is -2.30. The van der Waals surface area contributed by atoms with Gasteiger partial charge in [-0.15, -0.1) is 0 Å². The number of hydrogen-bond donors (Lipinski definition) is 1. The highest BCUT2D eigenvalue weighted by Gasteiger charge is 2.32. The average molecular weight is 466 g/mol. The molecule has 2 heterocycles. The molecule has 4 rings (SSSR count). The maximum Gasteiger partial charge on any atom is 0.416 e. The van der Waals surface area contributed by atoms with Gasteiger partial charge in [0.2, 0.25) is 0 Å². The van der Waals surface area contributed by atoms with Crippen molar-refractivity contribution in [1.29, 1.82) is 0 Å². The van der Waals surface area contributed by atoms with Crippen LogP contribution in [-0.2, 0) is 12.6 Å². The van der Waals surface area contributed by atoms with Gasteiger partial charge < -0.3 is 10.2 Å². The molecule has 0 atom stereocenters. The van der Waals surface area contributed by atoms with Crippen LogP contribution in [-0.4, -0.2) is 30.5 Å². The normalized spacial score (nSPS) is 14.1. The van der Waals surface area contributed by atoms with Gasteiger partial charge in [-0.2, -0.15) is 13.2 Å². The third kappa shape index (κ3) is 6.04. The van der Waals surface area contributed by atoms with Gasteiger partial charge in [0.25, 0.3) is 5.91 Å². The number of hydrogen-bond acceptors (Lipinski definition) is 3. The summed E-state index contributed by atoms with van der Waals surface area (Å²) in [5, 5.41) is 2.89. The summed E-state index contributed by atoms with van der Waals surface area (Å²) < 4.78 is 39.7. The van der Waals surface area contributed by atoms with E-state index in [1.165, 1.54) is 12.1 Å². The fourth-order valence-electron chi connectivity index (χ4n) is 4.06. The first-order valence-electron chi connectivity index (χ1n) is 11.3. The van der Waals surface area contributed by atoms with Crippen LogP contribution in [0.15, 0.2) is 78.5 Å². The van der Waals surface area contributed by atoms with Gasteiger partial charge in [-0.25, -0.2) is 4.98 Å². The quantitative estimate of drug-likeness (QED) is 0.504. The Kier molecular flexibility index (Phi) is 7.30. The molecule has 0 saturated carbocycles. The van der Waals surface area contributed by atoms with E-state index in [0.29, 0.717) is 38.2 Å². The molecule has 3 aromatic rings. The maximum atomic E-state index is 13.2. The molecule has 7 heteroatoms. The van der Waals surface area contributed by atoms with Gasteiger partial charge >= 0.3 is 6.18 Å². The van der Waals surface area contributed by atoms with E-state index in [4.69, 9.17) is 0 Å². The standard InChI is InChI=1S/C27H26F3N3O/c28-27(29,30)24-9-5-4-8-22(24)18-21-13-16-33(17-14-21)23-10-11-25(32-19-23)26(34)31-15-12-20-6-2-1-3-7-20/h1-11,18-19H,12-17H2,(H,31,34). The minimum absolute atomic E-state index is 0.211. The predicted octanol–water partition coefficient (Wildman–Crippen LogP) is 5.76. The number of alkyl halides is 3. The van der Waals surface area contributed by atoms with Crippen molar-refractivity contribution in [3.05, 3.63) is 101 Å². The first kappa shape index (κ1) is 23.5. The number of carbonyl (C=O) groups is 1. The third-order valence-corrected chi connectivity index (χ3v) is 5.92. The zero-order chi connectivity index (χ0) is 24.0. The molecular formula is C27H26F3N3O. The molecule has 0 aliphatic carbocycles. The van der Waals surface area contributed by atoms with E-state index < -0.39 is 11.7 Å². The van der Waals surface area contributed by atoms with Gasteiger partial charge in [0.1, 0.15) is 5.69 Å². The number of amides is 1. The van der Waals surface area contributed by atoms with E-state index in [-0.39, 0.29) is 11.5 Å². The van der Waals surface area contributed by atoms with E-state index in [1.807, 2.05) is 36.4 Å². The molecule has 2 aromatic carbocycles. The Morgan fingerprint density at radius 2 is 1.68 bits per heavy atom. The number of benzene rings is 2. The Morgan fingerprint density at radius 3 is 2.35 bits per heavy atom. The summed E-state index contributed by atoms with van der Waals surface area (Å²) in [4.78, 5) is 18.8. The Balaban J connectivity index is 1.31. The smallest absolute Gasteiger partial charge is 0.370 e. The number of nitrogens with one attached hydrogen (secondary N) is 1. The van der Waals surface area contributed by atoms with E-state index in [0.717, 1.165) is 29.3 Å². The summed E-state index contributed by atoms with van der Waals surface area (Å²) >= 11 is 0. The van der Waals surface area contributed by atoms with Crippen LogP contribution >= 0.6 is 0 Å². The Bertz CT molecular complexity index is 1130. The lowest BCUT2D eigenvalue weighted by molar-refractivity contribution is -0.137. The fraction of sp³-hybridized carbons (Fsp3) is 0.259. The van der Waals surface area contributed by atoms with Crippen molar-refractivity contribution in [2.24, 2.45) is 0 Å². The molecule has 1 aliphatic rings. The zero-order valence-corrected chi connectivity index (χ0v) is 18.7. The number of pyridine rings is 1. The minimum atomic E-state index is -4.37. The van der Waals surface area contributed by atoms with Gasteiger partial charge in [0, 0.05) is 19.6 Å². The first-order chi connectivity index (χ1) is 16.4. The van der Waals surface area contributed by atoms with Crippen molar-refractivity contribution in [2.45, 2.75) is 25.4 Å². The number of aromatic nitrogens is 1. The summed E-state index contributed by atoms with van der Waals surface area (Å²) in [7, 11) is 0. The molecule has 4 nitrogen and oxygen atoms in total. The van der Waals surface area contributed by atoms with Gasteiger partial charge in [-0.1, -0.05) is 60.2 Å². The molecular weight excluding hydrogens is 439 g/mol. The largest absolute Gasteiger partial charge is 0.416 e. The van der Waals surface area contributed by atoms with Crippen LogP contribution in [0.2, 0.25) is 0 Å². The summed E-state index contributed by atoms with van der Waals surface area (Å²) in [6.07, 6.45) is 1.08. The Morgan fingerprint density at radius 1 is 0.971 bits per heavy atom. The summed E-state index contributed by atoms with van der Waals surface area (Å²) in [6, 6.07) is 19.2. The predicted molar refractivity (Wildman–Crippen MR) is 128 cm³/mol. The second-order valence-electron chi connectivity index (χ2n) is 8.27. The van der Waals surface area contributed by atoms with Crippen molar-refractivity contribution in [2.75, 3.05) is 24.5 Å². The van der Waals surface area contributed by atoms with E-state index in [1.54, 1.807) is 24.4 Å². The molecule has 0 bridgehead atoms. The number of rotatable bonds is 6. The second-order valence-corrected chi connectivity index (χ2v) is 8.27. The van der Waals surface area contributed by atoms with Crippen LogP contribution in [0.4, 0.5) is 18.9 Å². The highest BCUT2D eigenvalue weighted by atomic mass is 19.4. The monoisotopic (exact) mass is 465 g/mol. The summed E-state index contributed by atoms with van der Waals surface area (Å²) in [6.45, 7) is 1.90. The number of nitrogens with zero attached hydrogens (tertiary/aromatic N) is 2. The van der Waals surface area contributed by atoms with Crippen molar-refractivity contribution in [1.82, 2.24) is 10.3 Å². The van der Waals surface area contributed by atoms with E-state index in [9.17, 15) is 18.0 Å². The van der Waals surface area contributed by atoms with Crippen LogP contribution in [0.1, 0.15) is 40.0 Å². The summed E-state index contributed by atoms with van der Waals surface area (Å²) in [5.41, 5.74) is 3.02. The molecule has 1 fully saturated rings. The Hall–Kier alpha value is -3.61. The number of carbonyl (C=O) groups excluding carboxylic acids is 1. The lowest BCUT2D eigenvalue weighted by atomic mass is 9.98. The zero-order valence-electron chi connectivity index (χ0n) is 18.7. The van der Waals surface area contributed by atoms with Gasteiger partial charge in [0.15, 0.2) is 0 Å². The summed E-state index contributed by atoms with van der Waals surface area (Å²) in [5.74, 6) is -0.213. The average Bonchev–Trinajstić information content (AvgIpc) is 2.85. The van der Waals surface area contributed by atoms with Crippen LogP contribution in [0, 0.1) is 0 Å². The topological polar surface area (TPSA) is 45.2 Å². The molecule has 1 saturated heterocycles. The highest BCUT2D eigenvalue weighted by Crippen LogP contribution is 2.34. The van der Waals surface area contributed by atoms with E-state index >= 15 is 0 Å². The molecule has 1 amide bonds. The molecule has 0 unspecified atom stereocenters. The lowest BCUT2D eigenvalue weighted by Crippen LogP contribution is -2.31. The molecule has 176 valence electrons. The molecule has 1 N–H and O–H groups in total. The highest BCUT2D eigenvalue weighted by molar-refractivity contribution is 5.92. The van der Waals surface area contributed by atoms with Crippen LogP contribution in [0.3, 0.4) is 0 Å². The van der Waals surface area contributed by atoms with Crippen molar-refractivity contribution in [3.8, 4) is 0 Å². The number of anilines is 1. The molecule has 1 aromatic heterocycles. The number of halogens is 3. The number of piperidine rings is 1. The van der Waals surface area contributed by atoms with Gasteiger partial charge in [-0.3, -0.25) is 4.79 Å². The third-order valence-electron chi connectivity index (χ3n) is 5.92. The SMILES string of the molecule is O=C(NCCc1ccccc1)c1ccc(N2CCC(=Cc3ccccc3C(F)(F)F)CC2)cn1. The fourth-order valence-corrected chi connectivity index (χ4v) is 4.06. The van der Waals surface area contributed by atoms with Crippen LogP contribution in [0.25, 0.3) is 6.08 Å². The molecule has 0 radical (unpaired) electrons. The van der Waals surface area contributed by atoms with Gasteiger partial charge in [-0.05, 0) is 48.6 Å².